The Morgan fingerprint density at radius 2 is 1.78 bits per heavy atom. The molecule has 108 valence electrons. The second-order valence-corrected chi connectivity index (χ2v) is 14.4. The van der Waals surface area contributed by atoms with Gasteiger partial charge >= 0.3 is 36.2 Å². The molecule has 10 heteroatoms. The van der Waals surface area contributed by atoms with Gasteiger partial charge in [-0.1, -0.05) is 13.3 Å². The van der Waals surface area contributed by atoms with Crippen LogP contribution in [0.1, 0.15) is 19.8 Å². The van der Waals surface area contributed by atoms with Crippen LogP contribution in [0, 0.1) is 0 Å². The van der Waals surface area contributed by atoms with Gasteiger partial charge in [0.05, 0.1) is 0 Å². The zero-order valence-corrected chi connectivity index (χ0v) is 16.1. The average Bonchev–Trinajstić information content (AvgIpc) is 2.12. The maximum Gasteiger partial charge on any atom is 0.481 e. The van der Waals surface area contributed by atoms with Crippen LogP contribution >= 0.6 is 0 Å². The number of hydrogen-bond donors (Lipinski definition) is 1. The molecular formula is C8H24O6Si4. The summed E-state index contributed by atoms with van der Waals surface area (Å²) in [6.07, 6.45) is 1.99. The number of unbranched alkanes of at least 4 members (excludes halogenated alkanes) is 1. The number of rotatable bonds is 4. The van der Waals surface area contributed by atoms with Crippen LogP contribution in [0.3, 0.4) is 0 Å². The van der Waals surface area contributed by atoms with E-state index in [9.17, 15) is 4.80 Å². The molecule has 0 aromatic rings. The Labute approximate surface area is 115 Å². The topological polar surface area (TPSA) is 66.4 Å². The Hall–Kier alpha value is 0.628. The lowest BCUT2D eigenvalue weighted by Crippen LogP contribution is -2.60. The van der Waals surface area contributed by atoms with Crippen molar-refractivity contribution in [1.29, 1.82) is 0 Å². The first-order valence-electron chi connectivity index (χ1n) is 6.34. The molecule has 6 nitrogen and oxygen atoms in total. The molecular weight excluding hydrogens is 304 g/mol. The van der Waals surface area contributed by atoms with Gasteiger partial charge in [-0.25, -0.2) is 0 Å². The molecule has 1 N–H and O–H groups in total. The highest BCUT2D eigenvalue weighted by atomic mass is 28.5. The largest absolute Gasteiger partial charge is 0.481 e. The van der Waals surface area contributed by atoms with Crippen molar-refractivity contribution in [3.05, 3.63) is 0 Å². The molecule has 0 bridgehead atoms. The Balaban J connectivity index is 2.69. The summed E-state index contributed by atoms with van der Waals surface area (Å²) in [6, 6.07) is 0. The third-order valence-corrected chi connectivity index (χ3v) is 15.3. The monoisotopic (exact) mass is 328 g/mol. The van der Waals surface area contributed by atoms with Crippen molar-refractivity contribution in [3.8, 4) is 0 Å². The van der Waals surface area contributed by atoms with Crippen molar-refractivity contribution in [2.75, 3.05) is 6.61 Å². The second-order valence-electron chi connectivity index (χ2n) is 4.57. The quantitative estimate of drug-likeness (QED) is 0.606. The first kappa shape index (κ1) is 16.7. The first-order chi connectivity index (χ1) is 8.26. The molecule has 1 fully saturated rings. The second kappa shape index (κ2) is 6.87. The van der Waals surface area contributed by atoms with E-state index in [2.05, 4.69) is 6.92 Å². The number of hydrogen-bond acceptors (Lipinski definition) is 6. The molecule has 1 aliphatic rings. The fraction of sp³-hybridized carbons (Fsp3) is 1.00. The van der Waals surface area contributed by atoms with Gasteiger partial charge in [0.25, 0.3) is 0 Å². The third-order valence-electron chi connectivity index (χ3n) is 2.38. The minimum Gasteiger partial charge on any atom is -0.420 e. The minimum absolute atomic E-state index is 0.581. The van der Waals surface area contributed by atoms with Crippen molar-refractivity contribution in [1.82, 2.24) is 0 Å². The summed E-state index contributed by atoms with van der Waals surface area (Å²) >= 11 is 0. The molecule has 0 aromatic heterocycles. The summed E-state index contributed by atoms with van der Waals surface area (Å²) in [5.41, 5.74) is 0. The van der Waals surface area contributed by atoms with Crippen molar-refractivity contribution in [2.45, 2.75) is 46.0 Å². The van der Waals surface area contributed by atoms with Gasteiger partial charge < -0.3 is 25.7 Å². The lowest BCUT2D eigenvalue weighted by atomic mass is 10.4. The lowest BCUT2D eigenvalue weighted by molar-refractivity contribution is 0.109. The highest BCUT2D eigenvalue weighted by Gasteiger charge is 2.49. The summed E-state index contributed by atoms with van der Waals surface area (Å²) in [7, 11) is -9.68. The Morgan fingerprint density at radius 3 is 2.39 bits per heavy atom. The SMILES string of the molecule is CCCCO[Si]1(C)O[SiH](C)O[SiH](C)O[Si](C)(O)O1. The van der Waals surface area contributed by atoms with Crippen molar-refractivity contribution in [3.63, 3.8) is 0 Å². The molecule has 18 heavy (non-hydrogen) atoms. The van der Waals surface area contributed by atoms with E-state index in [1.807, 2.05) is 13.1 Å². The van der Waals surface area contributed by atoms with E-state index in [0.29, 0.717) is 6.61 Å². The van der Waals surface area contributed by atoms with Crippen molar-refractivity contribution >= 4 is 36.2 Å². The van der Waals surface area contributed by atoms with Gasteiger partial charge in [0.15, 0.2) is 0 Å². The van der Waals surface area contributed by atoms with Crippen LogP contribution < -0.4 is 0 Å². The van der Waals surface area contributed by atoms with Gasteiger partial charge in [-0.05, 0) is 19.5 Å². The van der Waals surface area contributed by atoms with Crippen LogP contribution in [-0.2, 0) is 20.9 Å². The van der Waals surface area contributed by atoms with E-state index in [1.165, 1.54) is 0 Å². The molecule has 4 atom stereocenters. The predicted molar refractivity (Wildman–Crippen MR) is 76.7 cm³/mol. The van der Waals surface area contributed by atoms with Crippen LogP contribution in [0.25, 0.3) is 0 Å². The average molecular weight is 329 g/mol. The molecule has 1 aliphatic heterocycles. The zero-order valence-electron chi connectivity index (χ0n) is 11.8. The molecule has 1 rings (SSSR count). The smallest absolute Gasteiger partial charge is 0.420 e. The summed E-state index contributed by atoms with van der Waals surface area (Å²) in [5.74, 6) is 0. The lowest BCUT2D eigenvalue weighted by Gasteiger charge is -2.38. The molecule has 0 aliphatic carbocycles. The van der Waals surface area contributed by atoms with Gasteiger partial charge in [-0.2, -0.15) is 0 Å². The fourth-order valence-electron chi connectivity index (χ4n) is 1.79. The van der Waals surface area contributed by atoms with Gasteiger partial charge in [0.2, 0.25) is 0 Å². The van der Waals surface area contributed by atoms with Crippen LogP contribution in [-0.4, -0.2) is 47.6 Å². The van der Waals surface area contributed by atoms with Crippen LogP contribution in [0.4, 0.5) is 0 Å². The van der Waals surface area contributed by atoms with Crippen LogP contribution in [0.15, 0.2) is 0 Å². The molecule has 0 spiro atoms. The van der Waals surface area contributed by atoms with Crippen LogP contribution in [0.2, 0.25) is 26.2 Å². The van der Waals surface area contributed by atoms with E-state index in [4.69, 9.17) is 20.9 Å². The van der Waals surface area contributed by atoms with E-state index in [0.717, 1.165) is 12.8 Å². The molecule has 1 heterocycles. The molecule has 0 radical (unpaired) electrons. The zero-order chi connectivity index (χ0) is 13.8. The van der Waals surface area contributed by atoms with Gasteiger partial charge in [-0.3, -0.25) is 0 Å². The third kappa shape index (κ3) is 5.73. The van der Waals surface area contributed by atoms with E-state index >= 15 is 0 Å². The Morgan fingerprint density at radius 1 is 1.17 bits per heavy atom. The van der Waals surface area contributed by atoms with E-state index < -0.39 is 36.2 Å². The molecule has 1 saturated heterocycles. The summed E-state index contributed by atoms with van der Waals surface area (Å²) in [4.78, 5) is 10.2. The molecule has 0 saturated carbocycles. The summed E-state index contributed by atoms with van der Waals surface area (Å²) < 4.78 is 28.6. The van der Waals surface area contributed by atoms with E-state index in [-0.39, 0.29) is 0 Å². The molecule has 0 aromatic carbocycles. The maximum absolute atomic E-state index is 10.2. The van der Waals surface area contributed by atoms with Gasteiger partial charge in [0, 0.05) is 19.7 Å². The highest BCUT2D eigenvalue weighted by molar-refractivity contribution is 6.81. The minimum atomic E-state index is -3.19. The fourth-order valence-corrected chi connectivity index (χ4v) is 15.3. The summed E-state index contributed by atoms with van der Waals surface area (Å²) in [6.45, 7) is 9.88. The van der Waals surface area contributed by atoms with Crippen LogP contribution in [0.5, 0.6) is 0 Å². The first-order valence-corrected chi connectivity index (χ1v) is 15.0. The van der Waals surface area contributed by atoms with Gasteiger partial charge in [-0.15, -0.1) is 0 Å². The standard InChI is InChI=1S/C8H24O6Si4/c1-6-7-8-10-18(5)13-16(3)11-15(2)12-17(4,9)14-18/h9,15-16H,6-8H2,1-5H3. The highest BCUT2D eigenvalue weighted by Crippen LogP contribution is 2.21. The Kier molecular flexibility index (Phi) is 6.37. The van der Waals surface area contributed by atoms with E-state index in [1.54, 1.807) is 13.1 Å². The normalized spacial score (nSPS) is 42.3. The predicted octanol–water partition coefficient (Wildman–Crippen LogP) is 0.713. The summed E-state index contributed by atoms with van der Waals surface area (Å²) in [5, 5.41) is 0. The maximum atomic E-state index is 10.2. The van der Waals surface area contributed by atoms with Gasteiger partial charge in [0.1, 0.15) is 0 Å². The Bertz CT molecular complexity index is 268. The van der Waals surface area contributed by atoms with Crippen molar-refractivity contribution < 1.29 is 25.7 Å². The molecule has 4 unspecified atom stereocenters. The molecule has 0 amide bonds. The van der Waals surface area contributed by atoms with Crippen molar-refractivity contribution in [2.24, 2.45) is 0 Å².